The Morgan fingerprint density at radius 1 is 1.26 bits per heavy atom. The Labute approximate surface area is 155 Å². The summed E-state index contributed by atoms with van der Waals surface area (Å²) in [5.41, 5.74) is 0.442. The number of carbonyl (C=O) groups excluding carboxylic acids is 2. The Balaban J connectivity index is 2.13. The highest BCUT2D eigenvalue weighted by Gasteiger charge is 2.26. The average Bonchev–Trinajstić information content (AvgIpc) is 2.68. The van der Waals surface area contributed by atoms with E-state index in [1.807, 2.05) is 6.92 Å². The molecule has 1 unspecified atom stereocenters. The molecule has 1 aliphatic heterocycles. The van der Waals surface area contributed by atoms with E-state index in [9.17, 15) is 18.4 Å². The lowest BCUT2D eigenvalue weighted by Crippen LogP contribution is -2.39. The minimum atomic E-state index is -2.76. The first-order valence-corrected chi connectivity index (χ1v) is 8.52. The number of nitrogens with zero attached hydrogens (tertiary/aromatic N) is 3. The zero-order valence-electron chi connectivity index (χ0n) is 15.0. The molecule has 3 heterocycles. The van der Waals surface area contributed by atoms with Crippen molar-refractivity contribution in [1.82, 2.24) is 9.97 Å². The molecular formula is C19H19F2N3O3. The summed E-state index contributed by atoms with van der Waals surface area (Å²) in [5.74, 6) is 0.891. The van der Waals surface area contributed by atoms with Gasteiger partial charge in [0.1, 0.15) is 17.3 Å². The number of halogens is 2. The molecule has 0 spiro atoms. The predicted octanol–water partition coefficient (Wildman–Crippen LogP) is 3.67. The zero-order valence-corrected chi connectivity index (χ0v) is 15.0. The smallest absolute Gasteiger partial charge is 0.280 e. The number of ether oxygens (including phenoxy) is 1. The minimum Gasteiger partial charge on any atom is -0.494 e. The fourth-order valence-corrected chi connectivity index (χ4v) is 3.11. The van der Waals surface area contributed by atoms with E-state index in [1.165, 1.54) is 25.6 Å². The van der Waals surface area contributed by atoms with Gasteiger partial charge in [0.05, 0.1) is 13.3 Å². The van der Waals surface area contributed by atoms with E-state index in [-0.39, 0.29) is 17.2 Å². The second-order valence-electron chi connectivity index (χ2n) is 6.51. The summed E-state index contributed by atoms with van der Waals surface area (Å²) in [6.45, 7) is 2.56. The Kier molecular flexibility index (Phi) is 5.43. The van der Waals surface area contributed by atoms with Crippen molar-refractivity contribution in [2.75, 3.05) is 18.6 Å². The van der Waals surface area contributed by atoms with Crippen molar-refractivity contribution in [1.29, 1.82) is 0 Å². The maximum Gasteiger partial charge on any atom is 0.280 e. The molecule has 0 radical (unpaired) electrons. The number of anilines is 1. The summed E-state index contributed by atoms with van der Waals surface area (Å²) in [7, 11) is 1.39. The molecule has 0 saturated carbocycles. The van der Waals surface area contributed by atoms with Gasteiger partial charge in [0.25, 0.3) is 6.43 Å². The molecule has 3 rings (SSSR count). The van der Waals surface area contributed by atoms with Crippen molar-refractivity contribution < 1.29 is 23.1 Å². The predicted molar refractivity (Wildman–Crippen MR) is 95.1 cm³/mol. The molecule has 1 aliphatic rings. The van der Waals surface area contributed by atoms with Gasteiger partial charge in [-0.25, -0.2) is 13.8 Å². The Morgan fingerprint density at radius 3 is 2.70 bits per heavy atom. The third kappa shape index (κ3) is 3.79. The lowest BCUT2D eigenvalue weighted by Gasteiger charge is -2.30. The number of hydrogen-bond donors (Lipinski definition) is 0. The summed E-state index contributed by atoms with van der Waals surface area (Å²) < 4.78 is 31.4. The van der Waals surface area contributed by atoms with E-state index in [1.54, 1.807) is 11.0 Å². The SMILES string of the molecule is COc1cnc(C(F)F)cc1-c1cc(N2CC(C)CCC2=O)ncc1C=O. The van der Waals surface area contributed by atoms with Gasteiger partial charge in [-0.1, -0.05) is 6.92 Å². The van der Waals surface area contributed by atoms with Crippen LogP contribution in [0.4, 0.5) is 14.6 Å². The third-order valence-corrected chi connectivity index (χ3v) is 4.59. The van der Waals surface area contributed by atoms with E-state index in [2.05, 4.69) is 9.97 Å². The van der Waals surface area contributed by atoms with Crippen LogP contribution in [0.25, 0.3) is 11.1 Å². The Hall–Kier alpha value is -2.90. The molecule has 0 aromatic carbocycles. The first-order chi connectivity index (χ1) is 12.9. The lowest BCUT2D eigenvalue weighted by molar-refractivity contribution is -0.120. The normalized spacial score (nSPS) is 17.3. The highest BCUT2D eigenvalue weighted by molar-refractivity contribution is 5.96. The minimum absolute atomic E-state index is 0.0552. The van der Waals surface area contributed by atoms with Gasteiger partial charge in [-0.05, 0) is 24.5 Å². The van der Waals surface area contributed by atoms with Crippen LogP contribution < -0.4 is 9.64 Å². The van der Waals surface area contributed by atoms with Crippen molar-refractivity contribution >= 4 is 18.0 Å². The second kappa shape index (κ2) is 7.77. The number of amides is 1. The third-order valence-electron chi connectivity index (χ3n) is 4.59. The van der Waals surface area contributed by atoms with Gasteiger partial charge in [0, 0.05) is 35.9 Å². The molecule has 2 aromatic heterocycles. The van der Waals surface area contributed by atoms with Crippen LogP contribution >= 0.6 is 0 Å². The largest absolute Gasteiger partial charge is 0.494 e. The van der Waals surface area contributed by atoms with E-state index < -0.39 is 12.1 Å². The van der Waals surface area contributed by atoms with Gasteiger partial charge in [-0.15, -0.1) is 0 Å². The molecule has 1 atom stereocenters. The number of aromatic nitrogens is 2. The van der Waals surface area contributed by atoms with Crippen LogP contribution in [0.3, 0.4) is 0 Å². The van der Waals surface area contributed by atoms with Crippen molar-refractivity contribution in [3.05, 3.63) is 35.8 Å². The van der Waals surface area contributed by atoms with Crippen LogP contribution in [0, 0.1) is 5.92 Å². The molecule has 0 N–H and O–H groups in total. The first-order valence-electron chi connectivity index (χ1n) is 8.52. The summed E-state index contributed by atoms with van der Waals surface area (Å²) >= 11 is 0. The topological polar surface area (TPSA) is 72.4 Å². The summed E-state index contributed by atoms with van der Waals surface area (Å²) in [4.78, 5) is 33.3. The highest BCUT2D eigenvalue weighted by Crippen LogP contribution is 2.36. The Bertz CT molecular complexity index is 873. The molecule has 8 heteroatoms. The van der Waals surface area contributed by atoms with Crippen molar-refractivity contribution in [3.8, 4) is 16.9 Å². The molecule has 1 fully saturated rings. The molecule has 0 aliphatic carbocycles. The molecule has 0 bridgehead atoms. The van der Waals surface area contributed by atoms with E-state index in [4.69, 9.17) is 4.74 Å². The number of piperidine rings is 1. The fraction of sp³-hybridized carbons (Fsp3) is 0.368. The van der Waals surface area contributed by atoms with Crippen LogP contribution in [-0.4, -0.2) is 35.8 Å². The summed E-state index contributed by atoms with van der Waals surface area (Å²) in [6.07, 6.45) is 1.59. The number of aldehydes is 1. The van der Waals surface area contributed by atoms with E-state index in [0.717, 1.165) is 6.42 Å². The Morgan fingerprint density at radius 2 is 2.04 bits per heavy atom. The van der Waals surface area contributed by atoms with Crippen LogP contribution in [0.5, 0.6) is 5.75 Å². The number of rotatable bonds is 5. The lowest BCUT2D eigenvalue weighted by atomic mass is 9.98. The number of hydrogen-bond acceptors (Lipinski definition) is 5. The van der Waals surface area contributed by atoms with Crippen LogP contribution in [0.15, 0.2) is 24.5 Å². The molecule has 1 saturated heterocycles. The van der Waals surface area contributed by atoms with E-state index in [0.29, 0.717) is 42.1 Å². The van der Waals surface area contributed by atoms with Crippen molar-refractivity contribution in [3.63, 3.8) is 0 Å². The number of methoxy groups -OCH3 is 1. The maximum atomic E-state index is 13.1. The number of alkyl halides is 2. The van der Waals surface area contributed by atoms with Crippen molar-refractivity contribution in [2.45, 2.75) is 26.2 Å². The monoisotopic (exact) mass is 375 g/mol. The molecule has 2 aromatic rings. The zero-order chi connectivity index (χ0) is 19.6. The van der Waals surface area contributed by atoms with E-state index >= 15 is 0 Å². The van der Waals surface area contributed by atoms with Crippen molar-refractivity contribution in [2.24, 2.45) is 5.92 Å². The molecular weight excluding hydrogens is 356 g/mol. The summed E-state index contributed by atoms with van der Waals surface area (Å²) in [5, 5.41) is 0. The average molecular weight is 375 g/mol. The number of carbonyl (C=O) groups is 2. The van der Waals surface area contributed by atoms with Gasteiger partial charge < -0.3 is 4.74 Å². The second-order valence-corrected chi connectivity index (χ2v) is 6.51. The van der Waals surface area contributed by atoms with Gasteiger partial charge in [0.2, 0.25) is 5.91 Å². The molecule has 6 nitrogen and oxygen atoms in total. The number of pyridine rings is 2. The van der Waals surface area contributed by atoms with Crippen LogP contribution in [-0.2, 0) is 4.79 Å². The summed E-state index contributed by atoms with van der Waals surface area (Å²) in [6, 6.07) is 2.75. The molecule has 142 valence electrons. The van der Waals surface area contributed by atoms with Crippen LogP contribution in [0.2, 0.25) is 0 Å². The van der Waals surface area contributed by atoms with Gasteiger partial charge >= 0.3 is 0 Å². The fourth-order valence-electron chi connectivity index (χ4n) is 3.11. The van der Waals surface area contributed by atoms with Gasteiger partial charge in [0.15, 0.2) is 6.29 Å². The molecule has 1 amide bonds. The molecule has 27 heavy (non-hydrogen) atoms. The standard InChI is InChI=1S/C19H19F2N3O3/c1-11-3-4-18(26)24(9-11)17-6-13(12(10-25)7-23-17)14-5-15(19(20)21)22-8-16(14)27-2/h5-8,10-11,19H,3-4,9H2,1-2H3. The maximum absolute atomic E-state index is 13.1. The van der Waals surface area contributed by atoms with Crippen LogP contribution in [0.1, 0.15) is 42.2 Å². The van der Waals surface area contributed by atoms with Gasteiger partial charge in [-0.2, -0.15) is 0 Å². The highest BCUT2D eigenvalue weighted by atomic mass is 19.3. The first kappa shape index (κ1) is 18.9. The van der Waals surface area contributed by atoms with Gasteiger partial charge in [-0.3, -0.25) is 19.5 Å². The quantitative estimate of drug-likeness (QED) is 0.746.